The third-order valence-corrected chi connectivity index (χ3v) is 6.73. The molecule has 4 heterocycles. The Balaban J connectivity index is 1.52. The van der Waals surface area contributed by atoms with Crippen LogP contribution >= 0.6 is 11.6 Å². The third-order valence-electron chi connectivity index (χ3n) is 6.50. The largest absolute Gasteiger partial charge is 0.394 e. The minimum absolute atomic E-state index is 0.0297. The third kappa shape index (κ3) is 2.81. The first kappa shape index (κ1) is 18.5. The maximum atomic E-state index is 13.4. The lowest BCUT2D eigenvalue weighted by Crippen LogP contribution is -2.52. The van der Waals surface area contributed by atoms with Gasteiger partial charge >= 0.3 is 0 Å². The number of nitrogens with zero attached hydrogens (tertiary/aromatic N) is 3. The van der Waals surface area contributed by atoms with E-state index in [4.69, 9.17) is 11.6 Å². The number of hydrogen-bond donors (Lipinski definition) is 1. The van der Waals surface area contributed by atoms with Crippen LogP contribution in [0.2, 0.25) is 5.02 Å². The standard InChI is InChI=1S/C22H22ClN3O3/c1-24-18-9-16(23)6-5-13(18)8-19(24)22(29)25-10-14-7-15(11-25)20(12-27)26-17(14)3-2-4-21(26)28/h2-6,8-9,14-15,20,27H,7,10-12H2,1H3/t14-,15+,20+/m1/s1. The summed E-state index contributed by atoms with van der Waals surface area (Å²) in [4.78, 5) is 27.7. The SMILES string of the molecule is Cn1c(C(=O)N2C[C@H]3C[C@@H](C2)[C@H](CO)n2c3cccc2=O)cc2ccc(Cl)cc21. The second-order valence-electron chi connectivity index (χ2n) is 8.10. The van der Waals surface area contributed by atoms with Gasteiger partial charge in [0, 0.05) is 59.7 Å². The lowest BCUT2D eigenvalue weighted by atomic mass is 9.78. The summed E-state index contributed by atoms with van der Waals surface area (Å²) in [5, 5.41) is 11.6. The summed E-state index contributed by atoms with van der Waals surface area (Å²) in [6, 6.07) is 12.5. The molecule has 0 spiro atoms. The summed E-state index contributed by atoms with van der Waals surface area (Å²) >= 11 is 6.13. The maximum absolute atomic E-state index is 13.4. The first-order valence-electron chi connectivity index (χ1n) is 9.84. The number of aromatic nitrogens is 2. The Kier molecular flexibility index (Phi) is 4.29. The molecule has 1 N–H and O–H groups in total. The van der Waals surface area contributed by atoms with Crippen LogP contribution < -0.4 is 5.56 Å². The van der Waals surface area contributed by atoms with Crippen LogP contribution in [0.25, 0.3) is 10.9 Å². The molecule has 6 nitrogen and oxygen atoms in total. The molecule has 2 aromatic heterocycles. The Bertz CT molecular complexity index is 1180. The average Bonchev–Trinajstić information content (AvgIpc) is 3.04. The Labute approximate surface area is 172 Å². The number of rotatable bonds is 2. The molecule has 0 radical (unpaired) electrons. The fourth-order valence-electron chi connectivity index (χ4n) is 5.11. The van der Waals surface area contributed by atoms with Crippen molar-refractivity contribution >= 4 is 28.4 Å². The van der Waals surface area contributed by atoms with Crippen molar-refractivity contribution in [1.82, 2.24) is 14.0 Å². The average molecular weight is 412 g/mol. The topological polar surface area (TPSA) is 67.5 Å². The highest BCUT2D eigenvalue weighted by molar-refractivity contribution is 6.31. The van der Waals surface area contributed by atoms with Gasteiger partial charge in [-0.05, 0) is 30.7 Å². The minimum atomic E-state index is -0.295. The van der Waals surface area contributed by atoms with Gasteiger partial charge in [0.25, 0.3) is 11.5 Å². The van der Waals surface area contributed by atoms with Crippen molar-refractivity contribution < 1.29 is 9.90 Å². The molecule has 2 bridgehead atoms. The number of aliphatic hydroxyl groups is 1. The summed E-state index contributed by atoms with van der Waals surface area (Å²) in [7, 11) is 1.88. The van der Waals surface area contributed by atoms with Crippen LogP contribution in [-0.2, 0) is 7.05 Å². The van der Waals surface area contributed by atoms with E-state index in [0.29, 0.717) is 23.8 Å². The molecule has 7 heteroatoms. The number of carbonyl (C=O) groups is 1. The molecule has 3 aromatic rings. The predicted molar refractivity (Wildman–Crippen MR) is 112 cm³/mol. The van der Waals surface area contributed by atoms with Crippen molar-refractivity contribution in [2.24, 2.45) is 13.0 Å². The van der Waals surface area contributed by atoms with E-state index in [1.54, 1.807) is 10.6 Å². The molecule has 2 aliphatic rings. The van der Waals surface area contributed by atoms with E-state index in [9.17, 15) is 14.7 Å². The van der Waals surface area contributed by atoms with E-state index in [2.05, 4.69) is 0 Å². The van der Waals surface area contributed by atoms with E-state index < -0.39 is 0 Å². The van der Waals surface area contributed by atoms with Crippen molar-refractivity contribution in [3.05, 3.63) is 69.2 Å². The smallest absolute Gasteiger partial charge is 0.270 e. The van der Waals surface area contributed by atoms with Crippen LogP contribution in [0.4, 0.5) is 0 Å². The summed E-state index contributed by atoms with van der Waals surface area (Å²) in [6.07, 6.45) is 0.878. The number of fused-ring (bicyclic) bond motifs is 5. The second-order valence-corrected chi connectivity index (χ2v) is 8.54. The van der Waals surface area contributed by atoms with Crippen molar-refractivity contribution in [2.45, 2.75) is 18.4 Å². The van der Waals surface area contributed by atoms with Gasteiger partial charge in [-0.15, -0.1) is 0 Å². The molecule has 3 atom stereocenters. The number of hydrogen-bond acceptors (Lipinski definition) is 3. The first-order valence-corrected chi connectivity index (χ1v) is 10.2. The van der Waals surface area contributed by atoms with E-state index in [-0.39, 0.29) is 36.0 Å². The van der Waals surface area contributed by atoms with Gasteiger partial charge in [-0.2, -0.15) is 0 Å². The van der Waals surface area contributed by atoms with Gasteiger partial charge in [0.15, 0.2) is 0 Å². The summed E-state index contributed by atoms with van der Waals surface area (Å²) < 4.78 is 3.62. The van der Waals surface area contributed by atoms with Crippen LogP contribution in [0.3, 0.4) is 0 Å². The van der Waals surface area contributed by atoms with Gasteiger partial charge in [-0.1, -0.05) is 23.7 Å². The number of carbonyl (C=O) groups excluding carboxylic acids is 1. The van der Waals surface area contributed by atoms with Crippen LogP contribution in [0.5, 0.6) is 0 Å². The highest BCUT2D eigenvalue weighted by Gasteiger charge is 2.42. The van der Waals surface area contributed by atoms with Gasteiger partial charge in [0.05, 0.1) is 12.6 Å². The summed E-state index contributed by atoms with van der Waals surface area (Å²) in [5.41, 5.74) is 2.37. The van der Waals surface area contributed by atoms with Crippen molar-refractivity contribution in [3.8, 4) is 0 Å². The zero-order chi connectivity index (χ0) is 20.3. The highest BCUT2D eigenvalue weighted by Crippen LogP contribution is 2.41. The van der Waals surface area contributed by atoms with Crippen LogP contribution in [0.15, 0.2) is 47.3 Å². The minimum Gasteiger partial charge on any atom is -0.394 e. The summed E-state index contributed by atoms with van der Waals surface area (Å²) in [6.45, 7) is 0.992. The van der Waals surface area contributed by atoms with Gasteiger partial charge in [0.2, 0.25) is 0 Å². The first-order chi connectivity index (χ1) is 14.0. The molecule has 0 unspecified atom stereocenters. The molecule has 1 fully saturated rings. The molecular weight excluding hydrogens is 390 g/mol. The zero-order valence-electron chi connectivity index (χ0n) is 16.1. The lowest BCUT2D eigenvalue weighted by Gasteiger charge is -2.46. The van der Waals surface area contributed by atoms with E-state index in [1.807, 2.05) is 46.8 Å². The number of benzene rings is 1. The number of piperidine rings is 1. The molecule has 2 aliphatic heterocycles. The molecule has 1 saturated heterocycles. The lowest BCUT2D eigenvalue weighted by molar-refractivity contribution is 0.0430. The Morgan fingerprint density at radius 2 is 2.03 bits per heavy atom. The molecule has 1 amide bonds. The van der Waals surface area contributed by atoms with Crippen molar-refractivity contribution in [3.63, 3.8) is 0 Å². The van der Waals surface area contributed by atoms with Gasteiger partial charge < -0.3 is 19.1 Å². The maximum Gasteiger partial charge on any atom is 0.270 e. The fourth-order valence-corrected chi connectivity index (χ4v) is 5.28. The number of amides is 1. The summed E-state index contributed by atoms with van der Waals surface area (Å²) in [5.74, 6) is 0.121. The monoisotopic (exact) mass is 411 g/mol. The Morgan fingerprint density at radius 1 is 1.21 bits per heavy atom. The van der Waals surface area contributed by atoms with E-state index >= 15 is 0 Å². The molecule has 150 valence electrons. The van der Waals surface area contributed by atoms with E-state index in [1.165, 1.54) is 6.07 Å². The number of pyridine rings is 1. The van der Waals surface area contributed by atoms with Crippen molar-refractivity contribution in [2.75, 3.05) is 19.7 Å². The fraction of sp³-hybridized carbons (Fsp3) is 0.364. The van der Waals surface area contributed by atoms with Crippen LogP contribution in [0, 0.1) is 5.92 Å². The Morgan fingerprint density at radius 3 is 2.83 bits per heavy atom. The zero-order valence-corrected chi connectivity index (χ0v) is 16.8. The van der Waals surface area contributed by atoms with Gasteiger partial charge in [-0.25, -0.2) is 0 Å². The normalized spacial score (nSPS) is 23.3. The van der Waals surface area contributed by atoms with Crippen LogP contribution in [0.1, 0.15) is 34.6 Å². The molecule has 0 saturated carbocycles. The van der Waals surface area contributed by atoms with E-state index in [0.717, 1.165) is 23.0 Å². The van der Waals surface area contributed by atoms with Gasteiger partial charge in [0.1, 0.15) is 5.69 Å². The second kappa shape index (κ2) is 6.75. The number of likely N-dealkylation sites (tertiary alicyclic amines) is 1. The van der Waals surface area contributed by atoms with Crippen LogP contribution in [-0.4, -0.2) is 44.7 Å². The van der Waals surface area contributed by atoms with Crippen molar-refractivity contribution in [1.29, 1.82) is 0 Å². The van der Waals surface area contributed by atoms with Gasteiger partial charge in [-0.3, -0.25) is 9.59 Å². The quantitative estimate of drug-likeness (QED) is 0.705. The highest BCUT2D eigenvalue weighted by atomic mass is 35.5. The molecule has 5 rings (SSSR count). The molecule has 1 aromatic carbocycles. The molecule has 0 aliphatic carbocycles. The number of aliphatic hydroxyl groups excluding tert-OH is 1. The number of aryl methyl sites for hydroxylation is 1. The predicted octanol–water partition coefficient (Wildman–Crippen LogP) is 2.79. The Hall–Kier alpha value is -2.57. The molecule has 29 heavy (non-hydrogen) atoms. The molecular formula is C22H22ClN3O3. The number of halogens is 1.